The SMILES string of the molecule is CC1(C)c2ccc(N(c3ccc(-c4ccccc4)cc3)c3cccc4c3oc3ccccc34)cc2-c2c(-c3ccc4ccccc4c3)ccc3cccc1c23. The van der Waals surface area contributed by atoms with Gasteiger partial charge in [-0.1, -0.05) is 159 Å². The van der Waals surface area contributed by atoms with Gasteiger partial charge in [-0.3, -0.25) is 0 Å². The second-order valence-corrected chi connectivity index (χ2v) is 15.3. The number of furan rings is 1. The van der Waals surface area contributed by atoms with Crippen LogP contribution in [0.1, 0.15) is 25.0 Å². The fraction of sp³-hybridized carbons (Fsp3) is 0.0566. The molecule has 2 nitrogen and oxygen atoms in total. The molecule has 1 aliphatic rings. The number of benzene rings is 9. The lowest BCUT2D eigenvalue weighted by atomic mass is 9.67. The van der Waals surface area contributed by atoms with Crippen LogP contribution in [0.5, 0.6) is 0 Å². The molecule has 0 atom stereocenters. The number of fused-ring (bicyclic) bond motifs is 6. The standard InChI is InChI=1S/C53H37NO/c1-53(2)46-31-29-41(33-45(46)51-42(30-26-37-16-10-19-47(53)50(37)51)39-23-22-35-14-6-7-15-38(35)32-39)54(40-27-24-36(25-28-40)34-12-4-3-5-13-34)48-20-11-18-44-43-17-8-9-21-49(43)55-52(44)48/h3-33H,1-2H3. The Balaban J connectivity index is 1.18. The van der Waals surface area contributed by atoms with Gasteiger partial charge in [-0.2, -0.15) is 0 Å². The summed E-state index contributed by atoms with van der Waals surface area (Å²) in [5, 5.41) is 7.32. The van der Waals surface area contributed by atoms with Gasteiger partial charge in [0.2, 0.25) is 0 Å². The Kier molecular flexibility index (Phi) is 6.93. The van der Waals surface area contributed by atoms with E-state index in [-0.39, 0.29) is 5.41 Å². The molecule has 0 aliphatic heterocycles. The van der Waals surface area contributed by atoms with Crippen molar-refractivity contribution in [3.63, 3.8) is 0 Å². The van der Waals surface area contributed by atoms with Crippen molar-refractivity contribution in [2.45, 2.75) is 19.3 Å². The van der Waals surface area contributed by atoms with Crippen molar-refractivity contribution in [3.05, 3.63) is 199 Å². The summed E-state index contributed by atoms with van der Waals surface area (Å²) in [6.07, 6.45) is 0. The highest BCUT2D eigenvalue weighted by atomic mass is 16.3. The molecule has 1 aromatic heterocycles. The largest absolute Gasteiger partial charge is 0.454 e. The topological polar surface area (TPSA) is 16.4 Å². The Hall–Kier alpha value is -6.90. The average molecular weight is 704 g/mol. The molecule has 11 rings (SSSR count). The third-order valence-electron chi connectivity index (χ3n) is 11.8. The van der Waals surface area contributed by atoms with Gasteiger partial charge in [-0.25, -0.2) is 0 Å². The fourth-order valence-corrected chi connectivity index (χ4v) is 9.11. The summed E-state index contributed by atoms with van der Waals surface area (Å²) in [6.45, 7) is 4.75. The van der Waals surface area contributed by atoms with Crippen LogP contribution < -0.4 is 4.90 Å². The van der Waals surface area contributed by atoms with E-state index in [9.17, 15) is 0 Å². The maximum Gasteiger partial charge on any atom is 0.159 e. The zero-order valence-corrected chi connectivity index (χ0v) is 30.8. The van der Waals surface area contributed by atoms with Crippen molar-refractivity contribution in [2.24, 2.45) is 0 Å². The van der Waals surface area contributed by atoms with Crippen LogP contribution in [0.15, 0.2) is 192 Å². The van der Waals surface area contributed by atoms with E-state index < -0.39 is 0 Å². The quantitative estimate of drug-likeness (QED) is 0.177. The Labute approximate surface area is 320 Å². The molecule has 1 aliphatic carbocycles. The highest BCUT2D eigenvalue weighted by Crippen LogP contribution is 2.54. The Morgan fingerprint density at radius 2 is 1.11 bits per heavy atom. The number of nitrogens with zero attached hydrogens (tertiary/aromatic N) is 1. The third-order valence-corrected chi connectivity index (χ3v) is 11.8. The molecule has 2 heteroatoms. The number of para-hydroxylation sites is 2. The zero-order chi connectivity index (χ0) is 36.7. The Morgan fingerprint density at radius 1 is 0.436 bits per heavy atom. The summed E-state index contributed by atoms with van der Waals surface area (Å²) >= 11 is 0. The minimum absolute atomic E-state index is 0.205. The van der Waals surface area contributed by atoms with E-state index in [0.717, 1.165) is 39.0 Å². The predicted molar refractivity (Wildman–Crippen MR) is 232 cm³/mol. The molecule has 0 radical (unpaired) electrons. The van der Waals surface area contributed by atoms with Crippen LogP contribution in [-0.2, 0) is 5.41 Å². The summed E-state index contributed by atoms with van der Waals surface area (Å²) in [5.41, 5.74) is 14.8. The first-order valence-corrected chi connectivity index (χ1v) is 19.1. The van der Waals surface area contributed by atoms with E-state index in [1.807, 2.05) is 6.07 Å². The molecule has 9 aromatic carbocycles. The molecule has 0 amide bonds. The minimum atomic E-state index is -0.205. The van der Waals surface area contributed by atoms with Crippen LogP contribution in [0.2, 0.25) is 0 Å². The maximum atomic E-state index is 6.71. The minimum Gasteiger partial charge on any atom is -0.454 e. The second kappa shape index (κ2) is 12.1. The monoisotopic (exact) mass is 703 g/mol. The van der Waals surface area contributed by atoms with Crippen molar-refractivity contribution in [3.8, 4) is 33.4 Å². The van der Waals surface area contributed by atoms with E-state index >= 15 is 0 Å². The normalized spacial score (nSPS) is 13.1. The fourth-order valence-electron chi connectivity index (χ4n) is 9.11. The number of anilines is 3. The first kappa shape index (κ1) is 31.6. The number of rotatable bonds is 5. The van der Waals surface area contributed by atoms with Crippen LogP contribution in [0.4, 0.5) is 17.1 Å². The van der Waals surface area contributed by atoms with Gasteiger partial charge in [0.05, 0.1) is 5.69 Å². The molecule has 260 valence electrons. The van der Waals surface area contributed by atoms with Crippen molar-refractivity contribution in [1.82, 2.24) is 0 Å². The summed E-state index contributed by atoms with van der Waals surface area (Å²) in [7, 11) is 0. The first-order valence-electron chi connectivity index (χ1n) is 19.1. The van der Waals surface area contributed by atoms with Gasteiger partial charge >= 0.3 is 0 Å². The average Bonchev–Trinajstić information content (AvgIpc) is 3.63. The summed E-state index contributed by atoms with van der Waals surface area (Å²) < 4.78 is 6.71. The van der Waals surface area contributed by atoms with Crippen LogP contribution in [0.3, 0.4) is 0 Å². The van der Waals surface area contributed by atoms with Gasteiger partial charge in [-0.15, -0.1) is 0 Å². The van der Waals surface area contributed by atoms with Gasteiger partial charge in [-0.05, 0) is 109 Å². The highest BCUT2D eigenvalue weighted by molar-refractivity contribution is 6.12. The number of hydrogen-bond donors (Lipinski definition) is 0. The Bertz CT molecular complexity index is 3110. The molecule has 0 N–H and O–H groups in total. The lowest BCUT2D eigenvalue weighted by molar-refractivity contribution is 0.645. The highest BCUT2D eigenvalue weighted by Gasteiger charge is 2.35. The van der Waals surface area contributed by atoms with Gasteiger partial charge < -0.3 is 9.32 Å². The van der Waals surface area contributed by atoms with E-state index in [1.54, 1.807) is 0 Å². The molecule has 10 aromatic rings. The molecule has 0 saturated carbocycles. The summed E-state index contributed by atoms with van der Waals surface area (Å²) in [5.74, 6) is 0. The lowest BCUT2D eigenvalue weighted by Gasteiger charge is -2.37. The van der Waals surface area contributed by atoms with Crippen molar-refractivity contribution < 1.29 is 4.42 Å². The van der Waals surface area contributed by atoms with Crippen LogP contribution in [0, 0.1) is 0 Å². The zero-order valence-electron chi connectivity index (χ0n) is 30.8. The molecular weight excluding hydrogens is 667 g/mol. The van der Waals surface area contributed by atoms with Gasteiger partial charge in [0.15, 0.2) is 5.58 Å². The maximum absolute atomic E-state index is 6.71. The molecular formula is C53H37NO. The van der Waals surface area contributed by atoms with Crippen LogP contribution in [-0.4, -0.2) is 0 Å². The second-order valence-electron chi connectivity index (χ2n) is 15.3. The van der Waals surface area contributed by atoms with Crippen molar-refractivity contribution >= 4 is 60.5 Å². The van der Waals surface area contributed by atoms with Gasteiger partial charge in [0.25, 0.3) is 0 Å². The smallest absolute Gasteiger partial charge is 0.159 e. The van der Waals surface area contributed by atoms with Crippen molar-refractivity contribution in [1.29, 1.82) is 0 Å². The molecule has 55 heavy (non-hydrogen) atoms. The molecule has 0 unspecified atom stereocenters. The molecule has 0 fully saturated rings. The van der Waals surface area contributed by atoms with Gasteiger partial charge in [0.1, 0.15) is 5.58 Å². The van der Waals surface area contributed by atoms with E-state index in [4.69, 9.17) is 4.42 Å². The first-order chi connectivity index (χ1) is 27.0. The van der Waals surface area contributed by atoms with Gasteiger partial charge in [0, 0.05) is 27.6 Å². The van der Waals surface area contributed by atoms with E-state index in [2.05, 4.69) is 201 Å². The summed E-state index contributed by atoms with van der Waals surface area (Å²) in [4.78, 5) is 2.38. The van der Waals surface area contributed by atoms with E-state index in [0.29, 0.717) is 0 Å². The third kappa shape index (κ3) is 4.88. The summed E-state index contributed by atoms with van der Waals surface area (Å²) in [6, 6.07) is 68.5. The molecule has 0 spiro atoms. The lowest BCUT2D eigenvalue weighted by Crippen LogP contribution is -2.24. The molecule has 0 bridgehead atoms. The molecule has 0 saturated heterocycles. The van der Waals surface area contributed by atoms with Crippen LogP contribution in [0.25, 0.3) is 76.9 Å². The predicted octanol–water partition coefficient (Wildman–Crippen LogP) is 15.0. The number of hydrogen-bond acceptors (Lipinski definition) is 2. The molecule has 1 heterocycles. The van der Waals surface area contributed by atoms with Crippen molar-refractivity contribution in [2.75, 3.05) is 4.90 Å². The van der Waals surface area contributed by atoms with Crippen LogP contribution >= 0.6 is 0 Å². The Morgan fingerprint density at radius 3 is 1.98 bits per heavy atom. The van der Waals surface area contributed by atoms with E-state index in [1.165, 1.54) is 66.1 Å².